The number of likely N-dealkylation sites (N-methyl/N-ethyl adjacent to an activating group) is 1. The van der Waals surface area contributed by atoms with Gasteiger partial charge >= 0.3 is 6.03 Å². The largest absolute Gasteiger partial charge is 0.325 e. The van der Waals surface area contributed by atoms with E-state index in [1.165, 1.54) is 17.1 Å². The second-order valence-corrected chi connectivity index (χ2v) is 10.8. The van der Waals surface area contributed by atoms with E-state index in [-0.39, 0.29) is 29.3 Å². The number of nitrogens with zero attached hydrogens (tertiary/aromatic N) is 5. The van der Waals surface area contributed by atoms with E-state index in [2.05, 4.69) is 15.4 Å². The lowest BCUT2D eigenvalue weighted by atomic mass is 10.1. The van der Waals surface area contributed by atoms with Gasteiger partial charge in [0.25, 0.3) is 5.91 Å². The molecule has 0 saturated carbocycles. The van der Waals surface area contributed by atoms with Crippen molar-refractivity contribution in [2.75, 3.05) is 43.0 Å². The molecule has 0 radical (unpaired) electrons. The first-order valence-corrected chi connectivity index (χ1v) is 13.9. The molecule has 206 valence electrons. The number of benzene rings is 1. The molecule has 1 aliphatic heterocycles. The third-order valence-electron chi connectivity index (χ3n) is 6.19. The SMILES string of the molecule is CCN(CCc1ccc(C(=O)Nc2cccc(/C(=N/N)N(N)C(C)C)n2)c(F)c1)C(=O)N1CCS(=O)CC1. The molecule has 2 aromatic rings. The topological polar surface area (TPSA) is 150 Å². The number of nitrogens with one attached hydrogen (secondary N) is 1. The standard InChI is InChI=1S/C25H35FN8O3S/c1-4-32(25(36)33-12-14-38(37)15-13-33)11-10-18-8-9-19(20(26)16-18)24(35)30-22-7-5-6-21(29-22)23(31-27)34(28)17(2)3/h5-9,16-17H,4,10-15,27-28H2,1-3H3,(H,29,30,35)/b31-23-. The molecule has 2 heterocycles. The second-order valence-electron chi connectivity index (χ2n) is 9.08. The minimum atomic E-state index is -0.864. The lowest BCUT2D eigenvalue weighted by Gasteiger charge is -2.32. The number of halogens is 1. The molecule has 11 nitrogen and oxygen atoms in total. The summed E-state index contributed by atoms with van der Waals surface area (Å²) in [6.45, 7) is 7.45. The highest BCUT2D eigenvalue weighted by molar-refractivity contribution is 7.85. The Labute approximate surface area is 224 Å². The van der Waals surface area contributed by atoms with Crippen LogP contribution >= 0.6 is 0 Å². The van der Waals surface area contributed by atoms with Gasteiger partial charge in [-0.15, -0.1) is 0 Å². The first kappa shape index (κ1) is 29.0. The van der Waals surface area contributed by atoms with Crippen molar-refractivity contribution in [3.05, 3.63) is 59.0 Å². The van der Waals surface area contributed by atoms with Crippen LogP contribution in [0.25, 0.3) is 0 Å². The van der Waals surface area contributed by atoms with Crippen LogP contribution in [-0.4, -0.2) is 85.5 Å². The van der Waals surface area contributed by atoms with E-state index >= 15 is 0 Å². The average molecular weight is 547 g/mol. The molecule has 0 atom stereocenters. The Morgan fingerprint density at radius 1 is 1.24 bits per heavy atom. The zero-order chi connectivity index (χ0) is 27.8. The number of aromatic nitrogens is 1. The summed E-state index contributed by atoms with van der Waals surface area (Å²) >= 11 is 0. The monoisotopic (exact) mass is 546 g/mol. The number of amides is 3. The summed E-state index contributed by atoms with van der Waals surface area (Å²) in [6, 6.07) is 9.04. The maximum atomic E-state index is 14.9. The fourth-order valence-electron chi connectivity index (χ4n) is 3.90. The summed E-state index contributed by atoms with van der Waals surface area (Å²) in [6.07, 6.45) is 0.425. The van der Waals surface area contributed by atoms with Crippen molar-refractivity contribution in [2.24, 2.45) is 16.8 Å². The summed E-state index contributed by atoms with van der Waals surface area (Å²) in [5.41, 5.74) is 0.872. The van der Waals surface area contributed by atoms with Crippen LogP contribution in [0.5, 0.6) is 0 Å². The van der Waals surface area contributed by atoms with E-state index in [0.29, 0.717) is 55.4 Å². The Bertz CT molecular complexity index is 1200. The van der Waals surface area contributed by atoms with Crippen molar-refractivity contribution in [3.63, 3.8) is 0 Å². The van der Waals surface area contributed by atoms with Gasteiger partial charge in [0.1, 0.15) is 17.3 Å². The van der Waals surface area contributed by atoms with Crippen LogP contribution in [0.4, 0.5) is 15.0 Å². The fourth-order valence-corrected chi connectivity index (χ4v) is 4.95. The van der Waals surface area contributed by atoms with E-state index in [1.807, 2.05) is 20.8 Å². The normalized spacial score (nSPS) is 14.5. The Morgan fingerprint density at radius 3 is 2.55 bits per heavy atom. The number of anilines is 1. The molecule has 38 heavy (non-hydrogen) atoms. The Balaban J connectivity index is 1.64. The molecule has 0 unspecified atom stereocenters. The van der Waals surface area contributed by atoms with E-state index in [0.717, 1.165) is 0 Å². The highest BCUT2D eigenvalue weighted by Crippen LogP contribution is 2.16. The van der Waals surface area contributed by atoms with Crippen molar-refractivity contribution < 1.29 is 18.2 Å². The molecule has 3 amide bonds. The van der Waals surface area contributed by atoms with E-state index in [1.54, 1.807) is 34.1 Å². The molecule has 1 aromatic carbocycles. The quantitative estimate of drug-likeness (QED) is 0.197. The molecule has 13 heteroatoms. The number of pyridine rings is 1. The van der Waals surface area contributed by atoms with Crippen LogP contribution in [-0.2, 0) is 17.2 Å². The van der Waals surface area contributed by atoms with Crippen molar-refractivity contribution in [3.8, 4) is 0 Å². The average Bonchev–Trinajstić information content (AvgIpc) is 2.90. The first-order valence-electron chi connectivity index (χ1n) is 12.4. The van der Waals surface area contributed by atoms with Crippen molar-refractivity contribution >= 4 is 34.4 Å². The molecule has 0 spiro atoms. The number of carbonyl (C=O) groups is 2. The number of hydrazine groups is 1. The van der Waals surface area contributed by atoms with Gasteiger partial charge in [0.15, 0.2) is 5.84 Å². The Kier molecular flexibility index (Phi) is 10.1. The summed E-state index contributed by atoms with van der Waals surface area (Å²) in [4.78, 5) is 33.3. The number of hydrazone groups is 1. The lowest BCUT2D eigenvalue weighted by Crippen LogP contribution is -2.49. The minimum absolute atomic E-state index is 0.0934. The highest BCUT2D eigenvalue weighted by Gasteiger charge is 2.24. The van der Waals surface area contributed by atoms with Crippen LogP contribution in [0.2, 0.25) is 0 Å². The second kappa shape index (κ2) is 13.3. The molecular formula is C25H35FN8O3S. The molecule has 5 N–H and O–H groups in total. The summed E-state index contributed by atoms with van der Waals surface area (Å²) in [7, 11) is -0.864. The molecule has 0 aliphatic carbocycles. The van der Waals surface area contributed by atoms with Crippen LogP contribution in [0.1, 0.15) is 42.4 Å². The van der Waals surface area contributed by atoms with E-state index in [4.69, 9.17) is 11.7 Å². The van der Waals surface area contributed by atoms with Crippen molar-refractivity contribution in [1.82, 2.24) is 19.8 Å². The van der Waals surface area contributed by atoms with Gasteiger partial charge < -0.3 is 21.0 Å². The van der Waals surface area contributed by atoms with Gasteiger partial charge in [0.2, 0.25) is 0 Å². The summed E-state index contributed by atoms with van der Waals surface area (Å²) in [5.74, 6) is 11.6. The number of amidine groups is 1. The predicted octanol–water partition coefficient (Wildman–Crippen LogP) is 1.73. The molecule has 1 saturated heterocycles. The number of urea groups is 1. The smallest absolute Gasteiger partial charge is 0.320 e. The molecule has 3 rings (SSSR count). The van der Waals surface area contributed by atoms with Gasteiger partial charge in [-0.25, -0.2) is 20.0 Å². The van der Waals surface area contributed by atoms with Gasteiger partial charge in [0.05, 0.1) is 5.56 Å². The van der Waals surface area contributed by atoms with Crippen LogP contribution in [0.15, 0.2) is 41.5 Å². The van der Waals surface area contributed by atoms with Crippen molar-refractivity contribution in [2.45, 2.75) is 33.2 Å². The number of hydrogen-bond acceptors (Lipinski definition) is 7. The third-order valence-corrected chi connectivity index (χ3v) is 7.47. The van der Waals surface area contributed by atoms with Crippen LogP contribution in [0, 0.1) is 5.82 Å². The highest BCUT2D eigenvalue weighted by atomic mass is 32.2. The number of carbonyl (C=O) groups excluding carboxylic acids is 2. The molecule has 0 bridgehead atoms. The van der Waals surface area contributed by atoms with Gasteiger partial charge in [-0.05, 0) is 57.0 Å². The number of hydrogen-bond donors (Lipinski definition) is 3. The van der Waals surface area contributed by atoms with E-state index < -0.39 is 22.5 Å². The summed E-state index contributed by atoms with van der Waals surface area (Å²) in [5, 5.41) is 7.65. The van der Waals surface area contributed by atoms with Crippen molar-refractivity contribution in [1.29, 1.82) is 0 Å². The van der Waals surface area contributed by atoms with E-state index in [9.17, 15) is 18.2 Å². The maximum Gasteiger partial charge on any atom is 0.320 e. The van der Waals surface area contributed by atoms with Gasteiger partial charge in [-0.2, -0.15) is 5.10 Å². The predicted molar refractivity (Wildman–Crippen MR) is 146 cm³/mol. The van der Waals surface area contributed by atoms with Gasteiger partial charge in [-0.3, -0.25) is 14.0 Å². The Morgan fingerprint density at radius 2 is 1.95 bits per heavy atom. The zero-order valence-electron chi connectivity index (χ0n) is 21.9. The Hall–Kier alpha value is -3.58. The molecule has 1 fully saturated rings. The molecular weight excluding hydrogens is 511 g/mol. The number of nitrogens with two attached hydrogens (primary N) is 2. The summed E-state index contributed by atoms with van der Waals surface area (Å²) < 4.78 is 26.5. The van der Waals surface area contributed by atoms with Crippen LogP contribution in [0.3, 0.4) is 0 Å². The molecule has 1 aromatic heterocycles. The first-order chi connectivity index (χ1) is 18.1. The fraction of sp³-hybridized carbons (Fsp3) is 0.440. The number of rotatable bonds is 8. The zero-order valence-corrected chi connectivity index (χ0v) is 22.7. The lowest BCUT2D eigenvalue weighted by molar-refractivity contribution is 0.102. The third kappa shape index (κ3) is 7.25. The minimum Gasteiger partial charge on any atom is -0.325 e. The van der Waals surface area contributed by atoms with Gasteiger partial charge in [-0.1, -0.05) is 12.1 Å². The molecule has 1 aliphatic rings. The maximum absolute atomic E-state index is 14.9. The van der Waals surface area contributed by atoms with Crippen LogP contribution < -0.4 is 17.0 Å². The van der Waals surface area contributed by atoms with Gasteiger partial charge in [0, 0.05) is 54.5 Å².